The van der Waals surface area contributed by atoms with Crippen LogP contribution in [0.1, 0.15) is 24.8 Å². The minimum Gasteiger partial charge on any atom is -0.508 e. The fourth-order valence-corrected chi connectivity index (χ4v) is 1.99. The summed E-state index contributed by atoms with van der Waals surface area (Å²) in [6, 6.07) is 4.35. The number of carbonyl (C=O) groups is 2. The summed E-state index contributed by atoms with van der Waals surface area (Å²) >= 11 is 0. The van der Waals surface area contributed by atoms with Crippen LogP contribution in [0.5, 0.6) is 5.75 Å². The Balaban J connectivity index is 2.58. The molecule has 0 aliphatic rings. The maximum absolute atomic E-state index is 11.9. The summed E-state index contributed by atoms with van der Waals surface area (Å²) in [4.78, 5) is 23.2. The van der Waals surface area contributed by atoms with Crippen LogP contribution in [0.15, 0.2) is 24.3 Å². The monoisotopic (exact) mass is 309 g/mol. The molecule has 2 atom stereocenters. The van der Waals surface area contributed by atoms with Crippen molar-refractivity contribution in [3.63, 3.8) is 0 Å². The van der Waals surface area contributed by atoms with Crippen LogP contribution in [0.25, 0.3) is 0 Å². The molecule has 1 aromatic carbocycles. The van der Waals surface area contributed by atoms with E-state index in [1.54, 1.807) is 12.1 Å². The van der Waals surface area contributed by atoms with Crippen LogP contribution in [0.2, 0.25) is 0 Å². The van der Waals surface area contributed by atoms with Gasteiger partial charge >= 0.3 is 5.97 Å². The lowest BCUT2D eigenvalue weighted by molar-refractivity contribution is -0.142. The quantitative estimate of drug-likeness (QED) is 0.406. The SMILES string of the molecule is NCCCCC(N)C(=O)NC(Cc1ccc(O)cc1)C(=O)O. The summed E-state index contributed by atoms with van der Waals surface area (Å²) < 4.78 is 0. The Morgan fingerprint density at radius 2 is 1.82 bits per heavy atom. The molecule has 122 valence electrons. The average Bonchev–Trinajstić information content (AvgIpc) is 2.48. The van der Waals surface area contributed by atoms with Crippen LogP contribution >= 0.6 is 0 Å². The average molecular weight is 309 g/mol. The van der Waals surface area contributed by atoms with E-state index in [-0.39, 0.29) is 12.2 Å². The molecule has 0 spiro atoms. The topological polar surface area (TPSA) is 139 Å². The lowest BCUT2D eigenvalue weighted by Crippen LogP contribution is -2.49. The van der Waals surface area contributed by atoms with Gasteiger partial charge in [-0.2, -0.15) is 0 Å². The first-order valence-corrected chi connectivity index (χ1v) is 7.20. The number of aromatic hydroxyl groups is 1. The van der Waals surface area contributed by atoms with Gasteiger partial charge in [0.05, 0.1) is 6.04 Å². The number of carboxylic acids is 1. The van der Waals surface area contributed by atoms with Crippen molar-refractivity contribution in [1.82, 2.24) is 5.32 Å². The summed E-state index contributed by atoms with van der Waals surface area (Å²) in [5.74, 6) is -1.51. The van der Waals surface area contributed by atoms with E-state index in [1.807, 2.05) is 0 Å². The van der Waals surface area contributed by atoms with E-state index >= 15 is 0 Å². The third-order valence-corrected chi connectivity index (χ3v) is 3.30. The lowest BCUT2D eigenvalue weighted by Gasteiger charge is -2.18. The van der Waals surface area contributed by atoms with Gasteiger partial charge in [0.25, 0.3) is 0 Å². The Labute approximate surface area is 129 Å². The van der Waals surface area contributed by atoms with Gasteiger partial charge in [-0.25, -0.2) is 4.79 Å². The first-order chi connectivity index (χ1) is 10.4. The Morgan fingerprint density at radius 1 is 1.18 bits per heavy atom. The van der Waals surface area contributed by atoms with E-state index < -0.39 is 24.0 Å². The van der Waals surface area contributed by atoms with Gasteiger partial charge in [0.2, 0.25) is 5.91 Å². The number of nitrogens with two attached hydrogens (primary N) is 2. The number of benzene rings is 1. The number of nitrogens with one attached hydrogen (secondary N) is 1. The van der Waals surface area contributed by atoms with Crippen molar-refractivity contribution in [3.05, 3.63) is 29.8 Å². The van der Waals surface area contributed by atoms with E-state index in [4.69, 9.17) is 11.5 Å². The second-order valence-electron chi connectivity index (χ2n) is 5.16. The first-order valence-electron chi connectivity index (χ1n) is 7.20. The molecule has 0 fully saturated rings. The van der Waals surface area contributed by atoms with Crippen LogP contribution < -0.4 is 16.8 Å². The Morgan fingerprint density at radius 3 is 2.36 bits per heavy atom. The molecule has 7 N–H and O–H groups in total. The zero-order valence-electron chi connectivity index (χ0n) is 12.4. The van der Waals surface area contributed by atoms with Crippen molar-refractivity contribution in [1.29, 1.82) is 0 Å². The molecule has 0 aliphatic heterocycles. The van der Waals surface area contributed by atoms with Crippen LogP contribution in [-0.2, 0) is 16.0 Å². The molecule has 0 heterocycles. The van der Waals surface area contributed by atoms with Gasteiger partial charge in [0.15, 0.2) is 0 Å². The molecule has 0 aromatic heterocycles. The van der Waals surface area contributed by atoms with E-state index in [1.165, 1.54) is 12.1 Å². The van der Waals surface area contributed by atoms with Gasteiger partial charge < -0.3 is 27.0 Å². The van der Waals surface area contributed by atoms with Crippen LogP contribution in [-0.4, -0.2) is 40.7 Å². The number of aliphatic carboxylic acids is 1. The highest BCUT2D eigenvalue weighted by Gasteiger charge is 2.23. The number of carbonyl (C=O) groups excluding carboxylic acids is 1. The van der Waals surface area contributed by atoms with Crippen molar-refractivity contribution in [2.24, 2.45) is 11.5 Å². The molecule has 1 amide bonds. The second kappa shape index (κ2) is 9.01. The maximum atomic E-state index is 11.9. The van der Waals surface area contributed by atoms with E-state index in [2.05, 4.69) is 5.32 Å². The number of phenols is 1. The molecule has 1 aromatic rings. The fourth-order valence-electron chi connectivity index (χ4n) is 1.99. The molecule has 22 heavy (non-hydrogen) atoms. The number of unbranched alkanes of at least 4 members (excludes halogenated alkanes) is 1. The molecule has 2 unspecified atom stereocenters. The van der Waals surface area contributed by atoms with Gasteiger partial charge in [-0.1, -0.05) is 18.6 Å². The fraction of sp³-hybridized carbons (Fsp3) is 0.467. The molecule has 0 aliphatic carbocycles. The summed E-state index contributed by atoms with van der Waals surface area (Å²) in [5.41, 5.74) is 11.8. The van der Waals surface area contributed by atoms with Gasteiger partial charge in [-0.15, -0.1) is 0 Å². The molecular formula is C15H23N3O4. The number of carboxylic acid groups (broad SMARTS) is 1. The zero-order valence-corrected chi connectivity index (χ0v) is 12.4. The Hall–Kier alpha value is -2.12. The molecule has 0 bridgehead atoms. The van der Waals surface area contributed by atoms with Gasteiger partial charge in [0, 0.05) is 6.42 Å². The summed E-state index contributed by atoms with van der Waals surface area (Å²) in [6.45, 7) is 0.535. The number of phenolic OH excluding ortho intramolecular Hbond substituents is 1. The second-order valence-corrected chi connectivity index (χ2v) is 5.16. The van der Waals surface area contributed by atoms with Crippen molar-refractivity contribution < 1.29 is 19.8 Å². The molecule has 1 rings (SSSR count). The maximum Gasteiger partial charge on any atom is 0.326 e. The molecule has 0 saturated heterocycles. The molecule has 0 saturated carbocycles. The minimum atomic E-state index is -1.13. The molecule has 0 radical (unpaired) electrons. The number of rotatable bonds is 9. The molecule has 7 nitrogen and oxygen atoms in total. The van der Waals surface area contributed by atoms with Gasteiger partial charge in [0.1, 0.15) is 11.8 Å². The summed E-state index contributed by atoms with van der Waals surface area (Å²) in [5, 5.41) is 20.9. The zero-order chi connectivity index (χ0) is 16.5. The predicted octanol–water partition coefficient (Wildman–Crippen LogP) is -0.0396. The third kappa shape index (κ3) is 6.11. The Kier molecular flexibility index (Phi) is 7.34. The first kappa shape index (κ1) is 17.9. The number of amides is 1. The van der Waals surface area contributed by atoms with Gasteiger partial charge in [-0.3, -0.25) is 4.79 Å². The van der Waals surface area contributed by atoms with Crippen molar-refractivity contribution in [2.45, 2.75) is 37.8 Å². The van der Waals surface area contributed by atoms with Crippen LogP contribution in [0.3, 0.4) is 0 Å². The van der Waals surface area contributed by atoms with Crippen molar-refractivity contribution in [2.75, 3.05) is 6.54 Å². The highest BCUT2D eigenvalue weighted by Crippen LogP contribution is 2.11. The van der Waals surface area contributed by atoms with Crippen molar-refractivity contribution >= 4 is 11.9 Å². The van der Waals surface area contributed by atoms with E-state index in [0.717, 1.165) is 12.8 Å². The van der Waals surface area contributed by atoms with E-state index in [9.17, 15) is 19.8 Å². The molecular weight excluding hydrogens is 286 g/mol. The highest BCUT2D eigenvalue weighted by atomic mass is 16.4. The predicted molar refractivity (Wildman–Crippen MR) is 82.3 cm³/mol. The smallest absolute Gasteiger partial charge is 0.326 e. The van der Waals surface area contributed by atoms with Gasteiger partial charge in [-0.05, 0) is 37.1 Å². The van der Waals surface area contributed by atoms with Crippen molar-refractivity contribution in [3.8, 4) is 5.75 Å². The highest BCUT2D eigenvalue weighted by molar-refractivity contribution is 5.86. The standard InChI is InChI=1S/C15H23N3O4/c16-8-2-1-3-12(17)14(20)18-13(15(21)22)9-10-4-6-11(19)7-5-10/h4-7,12-13,19H,1-3,8-9,16-17H2,(H,18,20)(H,21,22). The molecule has 7 heteroatoms. The lowest BCUT2D eigenvalue weighted by atomic mass is 10.0. The summed E-state index contributed by atoms with van der Waals surface area (Å²) in [7, 11) is 0. The minimum absolute atomic E-state index is 0.0987. The third-order valence-electron chi connectivity index (χ3n) is 3.30. The van der Waals surface area contributed by atoms with Crippen LogP contribution in [0, 0.1) is 0 Å². The largest absolute Gasteiger partial charge is 0.508 e. The number of hydrogen-bond donors (Lipinski definition) is 5. The number of hydrogen-bond acceptors (Lipinski definition) is 5. The summed E-state index contributed by atoms with van der Waals surface area (Å²) in [6.07, 6.45) is 2.09. The van der Waals surface area contributed by atoms with E-state index in [0.29, 0.717) is 18.5 Å². The van der Waals surface area contributed by atoms with Crippen LogP contribution in [0.4, 0.5) is 0 Å². The Bertz CT molecular complexity index is 490. The normalized spacial score (nSPS) is 13.4.